The van der Waals surface area contributed by atoms with Crippen LogP contribution in [-0.4, -0.2) is 17.0 Å². The van der Waals surface area contributed by atoms with Gasteiger partial charge in [-0.1, -0.05) is 40.5 Å². The van der Waals surface area contributed by atoms with Gasteiger partial charge in [-0.3, -0.25) is 0 Å². The third kappa shape index (κ3) is 13.9. The molecular formula is C31H50I2O2-2. The average Bonchev–Trinajstić information content (AvgIpc) is 3.11. The molecule has 0 aliphatic carbocycles. The number of hydrogen-bond donors (Lipinski definition) is 0. The second-order valence-corrected chi connectivity index (χ2v) is 13.7. The molecule has 35 heavy (non-hydrogen) atoms. The first-order chi connectivity index (χ1) is 16.6. The number of ketones is 1. The maximum absolute atomic E-state index is 11.9. The minimum absolute atomic E-state index is 0.0558. The monoisotopic (exact) mass is 708 g/mol. The first-order valence-corrected chi connectivity index (χ1v) is 18.3. The number of carbonyl (C=O) groups excluding carboxylic acids is 2. The third-order valence-corrected chi connectivity index (χ3v) is 11.1. The van der Waals surface area contributed by atoms with E-state index >= 15 is 0 Å². The molecule has 1 aromatic rings. The van der Waals surface area contributed by atoms with Gasteiger partial charge < -0.3 is 4.79 Å². The Bertz CT molecular complexity index is 883. The number of hydrogen-bond acceptors (Lipinski definition) is 2. The van der Waals surface area contributed by atoms with E-state index in [-0.39, 0.29) is 48.2 Å². The van der Waals surface area contributed by atoms with Gasteiger partial charge in [-0.15, -0.1) is 0 Å². The number of halogens is 2. The summed E-state index contributed by atoms with van der Waals surface area (Å²) in [7, 11) is 0. The molecule has 2 rings (SSSR count). The van der Waals surface area contributed by atoms with E-state index in [1.165, 1.54) is 75.4 Å². The molecule has 1 aliphatic heterocycles. The van der Waals surface area contributed by atoms with Crippen LogP contribution in [0.2, 0.25) is 0 Å². The molecule has 0 N–H and O–H groups in total. The molecule has 0 bridgehead atoms. The Morgan fingerprint density at radius 2 is 1.43 bits per heavy atom. The van der Waals surface area contributed by atoms with E-state index < -0.39 is 0 Å². The third-order valence-electron chi connectivity index (χ3n) is 5.30. The van der Waals surface area contributed by atoms with Crippen molar-refractivity contribution in [3.05, 3.63) is 56.8 Å². The summed E-state index contributed by atoms with van der Waals surface area (Å²) in [5.74, 6) is 0.167. The van der Waals surface area contributed by atoms with Gasteiger partial charge in [-0.25, -0.2) is 0 Å². The Morgan fingerprint density at radius 1 is 0.914 bits per heavy atom. The number of carbonyl (C=O) groups is 2. The molecule has 202 valence electrons. The molecule has 0 radical (unpaired) electrons. The van der Waals surface area contributed by atoms with E-state index in [1.807, 2.05) is 13.8 Å². The molecule has 1 aromatic carbocycles. The molecule has 1 aliphatic rings. The number of unbranched alkanes of at least 4 members (excludes halogenated alkanes) is 2. The summed E-state index contributed by atoms with van der Waals surface area (Å²) in [5.41, 5.74) is 7.54. The fourth-order valence-corrected chi connectivity index (χ4v) is 8.11. The number of aldehydes is 1. The van der Waals surface area contributed by atoms with Crippen molar-refractivity contribution in [1.82, 2.24) is 0 Å². The number of Topliss-reactive ketones (excluding diaryl/α,β-unsaturated/α-hetero) is 1. The van der Waals surface area contributed by atoms with Crippen molar-refractivity contribution in [2.75, 3.05) is 4.93 Å². The van der Waals surface area contributed by atoms with Crippen LogP contribution < -0.4 is 42.4 Å². The average molecular weight is 709 g/mol. The summed E-state index contributed by atoms with van der Waals surface area (Å²) < 4.78 is 4.48. The summed E-state index contributed by atoms with van der Waals surface area (Å²) in [6, 6.07) is 4.51. The first-order valence-electron chi connectivity index (χ1n) is 12.9. The number of alkyl halides is 1. The van der Waals surface area contributed by atoms with Gasteiger partial charge in [0, 0.05) is 0 Å². The van der Waals surface area contributed by atoms with Crippen LogP contribution in [0.15, 0.2) is 36.5 Å². The van der Waals surface area contributed by atoms with Crippen molar-refractivity contribution in [1.29, 1.82) is 0 Å². The second kappa shape index (κ2) is 21.3. The second-order valence-electron chi connectivity index (χ2n) is 8.43. The normalized spacial score (nSPS) is 13.1. The van der Waals surface area contributed by atoms with Crippen LogP contribution in [0.5, 0.6) is 0 Å². The van der Waals surface area contributed by atoms with Gasteiger partial charge in [-0.05, 0) is 13.8 Å². The van der Waals surface area contributed by atoms with Gasteiger partial charge >= 0.3 is 175 Å². The van der Waals surface area contributed by atoms with E-state index in [1.54, 1.807) is 3.58 Å². The van der Waals surface area contributed by atoms with Crippen molar-refractivity contribution in [2.24, 2.45) is 0 Å². The topological polar surface area (TPSA) is 34.1 Å². The molecule has 0 spiro atoms. The molecule has 0 fully saturated rings. The zero-order valence-corrected chi connectivity index (χ0v) is 28.7. The maximum atomic E-state index is 11.9. The van der Waals surface area contributed by atoms with E-state index in [2.05, 4.69) is 71.6 Å². The van der Waals surface area contributed by atoms with Gasteiger partial charge in [0.1, 0.15) is 5.78 Å². The van der Waals surface area contributed by atoms with Crippen LogP contribution in [0.4, 0.5) is 0 Å². The molecule has 0 aromatic heterocycles. The Hall–Kier alpha value is -0.760. The Balaban J connectivity index is 0. The Labute approximate surface area is 238 Å². The summed E-state index contributed by atoms with van der Waals surface area (Å²) in [5, 5.41) is 0. The fraction of sp³-hybridized carbons (Fsp3) is 0.548. The van der Waals surface area contributed by atoms with E-state index in [0.29, 0.717) is 0 Å². The Morgan fingerprint density at radius 3 is 1.86 bits per heavy atom. The number of benzene rings is 1. The summed E-state index contributed by atoms with van der Waals surface area (Å²) in [4.78, 5) is 23.6. The predicted molar refractivity (Wildman–Crippen MR) is 148 cm³/mol. The number of rotatable bonds is 8. The molecule has 0 saturated heterocycles. The van der Waals surface area contributed by atoms with Crippen molar-refractivity contribution in [3.63, 3.8) is 0 Å². The van der Waals surface area contributed by atoms with Crippen molar-refractivity contribution in [3.8, 4) is 0 Å². The van der Waals surface area contributed by atoms with Crippen LogP contribution in [-0.2, 0) is 9.59 Å². The number of aryl methyl sites for hydroxylation is 2. The molecule has 0 amide bonds. The van der Waals surface area contributed by atoms with E-state index in [9.17, 15) is 9.59 Å². The molecule has 0 atom stereocenters. The van der Waals surface area contributed by atoms with Crippen LogP contribution in [0.1, 0.15) is 111 Å². The summed E-state index contributed by atoms with van der Waals surface area (Å²) >= 11 is -0.166. The van der Waals surface area contributed by atoms with Crippen LogP contribution in [0.25, 0.3) is 5.57 Å². The zero-order chi connectivity index (χ0) is 27.6. The van der Waals surface area contributed by atoms with Crippen molar-refractivity contribution >= 4 is 17.6 Å². The molecule has 0 unspecified atom stereocenters. The van der Waals surface area contributed by atoms with Crippen LogP contribution in [0, 0.1) is 17.4 Å². The van der Waals surface area contributed by atoms with Crippen LogP contribution in [0.3, 0.4) is 0 Å². The molecular weight excluding hydrogens is 658 g/mol. The molecule has 2 nitrogen and oxygen atoms in total. The van der Waals surface area contributed by atoms with E-state index in [0.717, 1.165) is 17.4 Å². The first kappa shape index (κ1) is 36.4. The van der Waals surface area contributed by atoms with Gasteiger partial charge in [0.05, 0.1) is 0 Å². The van der Waals surface area contributed by atoms with Gasteiger partial charge in [-0.2, -0.15) is 0 Å². The van der Waals surface area contributed by atoms with Gasteiger partial charge in [0.15, 0.2) is 0 Å². The SMILES string of the molecule is CC.CC(C)=O.CCCC.CCCCC1=C(C)C(C)=C(/C=C(\C=O)c2cc(C)c(C)cc2[I-]C)[I-]1. The minimum atomic E-state index is -0.110. The fourth-order valence-electron chi connectivity index (χ4n) is 2.82. The number of allylic oxidation sites excluding steroid dienone is 6. The summed E-state index contributed by atoms with van der Waals surface area (Å²) in [6.45, 7) is 22.5. The van der Waals surface area contributed by atoms with Gasteiger partial charge in [0.2, 0.25) is 0 Å². The predicted octanol–water partition coefficient (Wildman–Crippen LogP) is 3.04. The van der Waals surface area contributed by atoms with Crippen LogP contribution >= 0.6 is 0 Å². The quantitative estimate of drug-likeness (QED) is 0.180. The molecule has 1 heterocycles. The summed E-state index contributed by atoms with van der Waals surface area (Å²) in [6.07, 6.45) is 9.66. The standard InChI is InChI=1S/C22H28I2O.C4H10.C3H6O.C2H6/c1-7-8-9-20-16(4)17(5)21(24-20)12-18(13-25)19-10-14(2)15(3)11-22(19)23-6;1-3-4-2;1-3(2)4;1-2/h10-13H,7-9H2,1-6H3;3-4H2,1-2H3;1-2H3;1-2H3/q-2;;;/b18-12+;;;. The van der Waals surface area contributed by atoms with Gasteiger partial charge in [0.25, 0.3) is 0 Å². The van der Waals surface area contributed by atoms with E-state index in [4.69, 9.17) is 0 Å². The molecule has 0 saturated carbocycles. The molecule has 4 heteroatoms. The zero-order valence-electron chi connectivity index (χ0n) is 24.4. The van der Waals surface area contributed by atoms with Crippen molar-refractivity contribution in [2.45, 2.75) is 108 Å². The Kier molecular flexibility index (Phi) is 22.2. The van der Waals surface area contributed by atoms with Crippen molar-refractivity contribution < 1.29 is 52.0 Å².